The first kappa shape index (κ1) is 16.5. The highest BCUT2D eigenvalue weighted by Gasteiger charge is 2.14. The van der Waals surface area contributed by atoms with Gasteiger partial charge in [0.05, 0.1) is 12.8 Å². The molecule has 9 heteroatoms. The summed E-state index contributed by atoms with van der Waals surface area (Å²) in [6.45, 7) is 2.54. The van der Waals surface area contributed by atoms with Crippen molar-refractivity contribution in [1.82, 2.24) is 19.1 Å². The van der Waals surface area contributed by atoms with Crippen molar-refractivity contribution in [3.8, 4) is 5.75 Å². The number of imidazole rings is 1. The minimum atomic E-state index is -0.514. The van der Waals surface area contributed by atoms with E-state index in [4.69, 9.17) is 4.74 Å². The van der Waals surface area contributed by atoms with Crippen molar-refractivity contribution in [1.29, 1.82) is 0 Å². The molecule has 0 saturated heterocycles. The van der Waals surface area contributed by atoms with Crippen molar-refractivity contribution in [2.24, 2.45) is 19.2 Å². The molecule has 0 aliphatic carbocycles. The fourth-order valence-electron chi connectivity index (χ4n) is 2.39. The zero-order chi connectivity index (χ0) is 18.0. The van der Waals surface area contributed by atoms with E-state index in [1.807, 2.05) is 31.2 Å². The average Bonchev–Trinajstić information content (AvgIpc) is 2.92. The Bertz CT molecular complexity index is 1040. The van der Waals surface area contributed by atoms with Gasteiger partial charge in [-0.05, 0) is 36.8 Å². The molecule has 1 aromatic carbocycles. The molecule has 0 spiro atoms. The summed E-state index contributed by atoms with van der Waals surface area (Å²) in [7, 11) is 3.21. The largest absolute Gasteiger partial charge is 0.494 e. The van der Waals surface area contributed by atoms with Crippen LogP contribution < -0.4 is 21.4 Å². The Balaban J connectivity index is 1.85. The molecule has 2 aromatic heterocycles. The Morgan fingerprint density at radius 3 is 2.64 bits per heavy atom. The Labute approximate surface area is 142 Å². The Hall–Kier alpha value is -3.36. The van der Waals surface area contributed by atoms with Gasteiger partial charge in [-0.3, -0.25) is 14.3 Å². The first-order valence-electron chi connectivity index (χ1n) is 7.69. The number of aromatic nitrogens is 4. The van der Waals surface area contributed by atoms with Crippen molar-refractivity contribution >= 4 is 23.3 Å². The molecule has 25 heavy (non-hydrogen) atoms. The number of aromatic amines is 1. The molecule has 2 N–H and O–H groups in total. The number of H-pyrrole nitrogens is 1. The summed E-state index contributed by atoms with van der Waals surface area (Å²) in [5.41, 5.74) is 3.24. The molecule has 0 saturated carbocycles. The van der Waals surface area contributed by atoms with Crippen LogP contribution in [-0.4, -0.2) is 31.9 Å². The fraction of sp³-hybridized carbons (Fsp3) is 0.250. The lowest BCUT2D eigenvalue weighted by Gasteiger charge is -2.02. The summed E-state index contributed by atoms with van der Waals surface area (Å²) in [5, 5.41) is 4.13. The van der Waals surface area contributed by atoms with E-state index >= 15 is 0 Å². The molecule has 0 aliphatic heterocycles. The second-order valence-corrected chi connectivity index (χ2v) is 5.36. The number of fused-ring (bicyclic) bond motifs is 1. The Morgan fingerprint density at radius 1 is 1.24 bits per heavy atom. The summed E-state index contributed by atoms with van der Waals surface area (Å²) < 4.78 is 8.20. The number of aryl methyl sites for hydroxylation is 2. The van der Waals surface area contributed by atoms with E-state index in [2.05, 4.69) is 20.5 Å². The van der Waals surface area contributed by atoms with Gasteiger partial charge in [0.1, 0.15) is 5.75 Å². The topological polar surface area (TPSA) is 106 Å². The molecular formula is C16H18N6O3. The third kappa shape index (κ3) is 3.16. The van der Waals surface area contributed by atoms with Gasteiger partial charge in [0.15, 0.2) is 11.2 Å². The van der Waals surface area contributed by atoms with Gasteiger partial charge in [0.25, 0.3) is 5.56 Å². The number of rotatable bonds is 5. The van der Waals surface area contributed by atoms with Gasteiger partial charge in [0.2, 0.25) is 5.95 Å². The van der Waals surface area contributed by atoms with Gasteiger partial charge in [-0.2, -0.15) is 10.1 Å². The fourth-order valence-corrected chi connectivity index (χ4v) is 2.39. The van der Waals surface area contributed by atoms with Crippen LogP contribution >= 0.6 is 0 Å². The first-order valence-corrected chi connectivity index (χ1v) is 7.69. The maximum Gasteiger partial charge on any atom is 0.329 e. The highest BCUT2D eigenvalue weighted by Crippen LogP contribution is 2.13. The molecule has 0 fully saturated rings. The molecule has 0 atom stereocenters. The number of hydrazone groups is 1. The molecule has 2 heterocycles. The molecule has 3 aromatic rings. The summed E-state index contributed by atoms with van der Waals surface area (Å²) in [4.78, 5) is 30.1. The number of benzene rings is 1. The van der Waals surface area contributed by atoms with E-state index in [0.717, 1.165) is 11.3 Å². The minimum Gasteiger partial charge on any atom is -0.494 e. The molecular weight excluding hydrogens is 324 g/mol. The second kappa shape index (κ2) is 6.63. The number of ether oxygens (including phenoxy) is 1. The lowest BCUT2D eigenvalue weighted by Crippen LogP contribution is -2.29. The summed E-state index contributed by atoms with van der Waals surface area (Å²) in [5.74, 6) is 1.15. The lowest BCUT2D eigenvalue weighted by atomic mass is 10.2. The van der Waals surface area contributed by atoms with Crippen LogP contribution in [0, 0.1) is 0 Å². The molecule has 0 unspecified atom stereocenters. The maximum atomic E-state index is 12.0. The Morgan fingerprint density at radius 2 is 1.96 bits per heavy atom. The summed E-state index contributed by atoms with van der Waals surface area (Å²) >= 11 is 0. The van der Waals surface area contributed by atoms with Crippen molar-refractivity contribution in [3.05, 3.63) is 50.7 Å². The normalized spacial score (nSPS) is 11.3. The SMILES string of the molecule is CCOc1ccc(C=NNc2nc3c(c(=O)[nH]c(=O)n3C)n2C)cc1. The Kier molecular flexibility index (Phi) is 4.38. The van der Waals surface area contributed by atoms with Crippen molar-refractivity contribution in [2.45, 2.75) is 6.92 Å². The van der Waals surface area contributed by atoms with Crippen LogP contribution in [-0.2, 0) is 14.1 Å². The monoisotopic (exact) mass is 342 g/mol. The third-order valence-electron chi connectivity index (χ3n) is 3.70. The third-order valence-corrected chi connectivity index (χ3v) is 3.70. The second-order valence-electron chi connectivity index (χ2n) is 5.36. The van der Waals surface area contributed by atoms with E-state index < -0.39 is 11.2 Å². The number of hydrogen-bond acceptors (Lipinski definition) is 6. The zero-order valence-corrected chi connectivity index (χ0v) is 14.1. The van der Waals surface area contributed by atoms with Crippen LogP contribution in [0.15, 0.2) is 39.0 Å². The minimum absolute atomic E-state index is 0.287. The van der Waals surface area contributed by atoms with Crippen molar-refractivity contribution in [3.63, 3.8) is 0 Å². The lowest BCUT2D eigenvalue weighted by molar-refractivity contribution is 0.340. The van der Waals surface area contributed by atoms with E-state index in [-0.39, 0.29) is 5.65 Å². The van der Waals surface area contributed by atoms with Gasteiger partial charge < -0.3 is 9.30 Å². The maximum absolute atomic E-state index is 12.0. The molecule has 3 rings (SSSR count). The molecule has 0 bridgehead atoms. The van der Waals surface area contributed by atoms with Crippen LogP contribution in [0.2, 0.25) is 0 Å². The van der Waals surface area contributed by atoms with Crippen molar-refractivity contribution in [2.75, 3.05) is 12.0 Å². The van der Waals surface area contributed by atoms with Gasteiger partial charge in [-0.1, -0.05) is 0 Å². The van der Waals surface area contributed by atoms with Crippen LogP contribution in [0.3, 0.4) is 0 Å². The first-order chi connectivity index (χ1) is 12.0. The predicted molar refractivity (Wildman–Crippen MR) is 95.4 cm³/mol. The summed E-state index contributed by atoms with van der Waals surface area (Å²) in [6.07, 6.45) is 1.62. The van der Waals surface area contributed by atoms with Crippen LogP contribution in [0.25, 0.3) is 11.2 Å². The highest BCUT2D eigenvalue weighted by atomic mass is 16.5. The number of nitrogens with one attached hydrogen (secondary N) is 2. The molecule has 9 nitrogen and oxygen atoms in total. The molecule has 0 aliphatic rings. The number of nitrogens with zero attached hydrogens (tertiary/aromatic N) is 4. The van der Waals surface area contributed by atoms with Crippen LogP contribution in [0.5, 0.6) is 5.75 Å². The summed E-state index contributed by atoms with van der Waals surface area (Å²) in [6, 6.07) is 7.46. The van der Waals surface area contributed by atoms with Gasteiger partial charge >= 0.3 is 5.69 Å². The van der Waals surface area contributed by atoms with Crippen LogP contribution in [0.4, 0.5) is 5.95 Å². The molecule has 0 radical (unpaired) electrons. The van der Waals surface area contributed by atoms with Crippen molar-refractivity contribution < 1.29 is 4.74 Å². The highest BCUT2D eigenvalue weighted by molar-refractivity contribution is 5.80. The number of hydrogen-bond donors (Lipinski definition) is 2. The molecule has 130 valence electrons. The average molecular weight is 342 g/mol. The standard InChI is InChI=1S/C16H18N6O3/c1-4-25-11-7-5-10(6-8-11)9-17-20-15-18-13-12(21(15)2)14(23)19-16(24)22(13)3/h5-9H,4H2,1-3H3,(H,18,20)(H,19,23,24). The number of anilines is 1. The van der Waals surface area contributed by atoms with Gasteiger partial charge in [-0.15, -0.1) is 0 Å². The van der Waals surface area contributed by atoms with E-state index in [9.17, 15) is 9.59 Å². The smallest absolute Gasteiger partial charge is 0.329 e. The van der Waals surface area contributed by atoms with E-state index in [1.165, 1.54) is 4.57 Å². The molecule has 0 amide bonds. The predicted octanol–water partition coefficient (Wildman–Crippen LogP) is 0.805. The zero-order valence-electron chi connectivity index (χ0n) is 14.1. The van der Waals surface area contributed by atoms with Gasteiger partial charge in [-0.25, -0.2) is 10.2 Å². The van der Waals surface area contributed by atoms with E-state index in [1.54, 1.807) is 24.9 Å². The quantitative estimate of drug-likeness (QED) is 0.527. The van der Waals surface area contributed by atoms with E-state index in [0.29, 0.717) is 18.1 Å². The van der Waals surface area contributed by atoms with Gasteiger partial charge in [0, 0.05) is 14.1 Å². The van der Waals surface area contributed by atoms with Crippen LogP contribution in [0.1, 0.15) is 12.5 Å².